The van der Waals surface area contributed by atoms with E-state index in [-0.39, 0.29) is 0 Å². The highest BCUT2D eigenvalue weighted by Gasteiger charge is 2.17. The summed E-state index contributed by atoms with van der Waals surface area (Å²) in [4.78, 5) is 0. The zero-order valence-corrected chi connectivity index (χ0v) is 10.7. The van der Waals surface area contributed by atoms with Crippen LogP contribution in [0.25, 0.3) is 11.4 Å². The largest absolute Gasteiger partial charge is 0.398 e. The third kappa shape index (κ3) is 1.78. The minimum absolute atomic E-state index is 0.817. The zero-order chi connectivity index (χ0) is 12.5. The predicted molar refractivity (Wildman–Crippen MR) is 72.2 cm³/mol. The highest BCUT2D eigenvalue weighted by Crippen LogP contribution is 2.28. The van der Waals surface area contributed by atoms with Gasteiger partial charge < -0.3 is 10.3 Å². The minimum Gasteiger partial charge on any atom is -0.398 e. The maximum absolute atomic E-state index is 6.16. The van der Waals surface area contributed by atoms with E-state index >= 15 is 0 Å². The third-order valence-electron chi connectivity index (χ3n) is 3.67. The molecule has 0 radical (unpaired) electrons. The molecule has 4 nitrogen and oxygen atoms in total. The maximum atomic E-state index is 6.16. The Kier molecular flexibility index (Phi) is 2.78. The van der Waals surface area contributed by atoms with Gasteiger partial charge >= 0.3 is 0 Å². The lowest BCUT2D eigenvalue weighted by Gasteiger charge is -2.10. The molecule has 2 N–H and O–H groups in total. The van der Waals surface area contributed by atoms with Crippen molar-refractivity contribution in [1.82, 2.24) is 14.8 Å². The molecule has 3 rings (SSSR count). The Morgan fingerprint density at radius 3 is 2.94 bits per heavy atom. The van der Waals surface area contributed by atoms with Gasteiger partial charge in [-0.15, -0.1) is 10.2 Å². The fourth-order valence-corrected chi connectivity index (χ4v) is 2.56. The lowest BCUT2D eigenvalue weighted by atomic mass is 10.1. The lowest BCUT2D eigenvalue weighted by molar-refractivity contribution is 0.637. The number of aryl methyl sites for hydroxylation is 2. The van der Waals surface area contributed by atoms with E-state index < -0.39 is 0 Å². The minimum atomic E-state index is 0.817. The summed E-state index contributed by atoms with van der Waals surface area (Å²) in [6, 6.07) is 6.09. The van der Waals surface area contributed by atoms with Crippen LogP contribution in [0.5, 0.6) is 0 Å². The molecular weight excluding hydrogens is 224 g/mol. The van der Waals surface area contributed by atoms with Crippen molar-refractivity contribution in [1.29, 1.82) is 0 Å². The molecule has 2 heterocycles. The number of fused-ring (bicyclic) bond motifs is 1. The van der Waals surface area contributed by atoms with E-state index in [0.717, 1.165) is 41.4 Å². The quantitative estimate of drug-likeness (QED) is 0.782. The van der Waals surface area contributed by atoms with Crippen molar-refractivity contribution < 1.29 is 0 Å². The summed E-state index contributed by atoms with van der Waals surface area (Å²) in [7, 11) is 0. The molecule has 0 fully saturated rings. The standard InChI is InChI=1S/C14H18N4/c1-10-6-5-7-11(13(10)15)14-17-16-12-8-3-2-4-9-18(12)14/h5-7H,2-4,8-9,15H2,1H3. The first-order valence-corrected chi connectivity index (χ1v) is 6.55. The van der Waals surface area contributed by atoms with E-state index in [1.165, 1.54) is 19.3 Å². The van der Waals surface area contributed by atoms with E-state index in [0.29, 0.717) is 0 Å². The lowest BCUT2D eigenvalue weighted by Crippen LogP contribution is -2.04. The predicted octanol–water partition coefficient (Wildman–Crippen LogP) is 2.56. The Bertz CT molecular complexity index is 571. The molecular formula is C14H18N4. The molecule has 1 aromatic heterocycles. The molecule has 1 aliphatic heterocycles. The average Bonchev–Trinajstić information content (AvgIpc) is 2.62. The summed E-state index contributed by atoms with van der Waals surface area (Å²) < 4.78 is 2.23. The van der Waals surface area contributed by atoms with Crippen LogP contribution in [0.2, 0.25) is 0 Å². The number of nitrogen functional groups attached to an aromatic ring is 1. The molecule has 2 aromatic rings. The van der Waals surface area contributed by atoms with Gasteiger partial charge in [0.05, 0.1) is 0 Å². The third-order valence-corrected chi connectivity index (χ3v) is 3.67. The molecule has 0 saturated carbocycles. The van der Waals surface area contributed by atoms with Crippen LogP contribution in [-0.4, -0.2) is 14.8 Å². The molecule has 18 heavy (non-hydrogen) atoms. The average molecular weight is 242 g/mol. The van der Waals surface area contributed by atoms with Crippen molar-refractivity contribution in [2.24, 2.45) is 0 Å². The molecule has 4 heteroatoms. The van der Waals surface area contributed by atoms with Crippen LogP contribution in [0.15, 0.2) is 18.2 Å². The van der Waals surface area contributed by atoms with Gasteiger partial charge in [0.25, 0.3) is 0 Å². The van der Waals surface area contributed by atoms with Gasteiger partial charge in [0.2, 0.25) is 0 Å². The number of nitrogens with zero attached hydrogens (tertiary/aromatic N) is 3. The molecule has 0 amide bonds. The van der Waals surface area contributed by atoms with Crippen molar-refractivity contribution in [2.75, 3.05) is 5.73 Å². The summed E-state index contributed by atoms with van der Waals surface area (Å²) in [5.74, 6) is 2.02. The Hall–Kier alpha value is -1.84. The van der Waals surface area contributed by atoms with Gasteiger partial charge in [-0.1, -0.05) is 18.6 Å². The van der Waals surface area contributed by atoms with E-state index in [2.05, 4.69) is 14.8 Å². The summed E-state index contributed by atoms with van der Waals surface area (Å²) in [6.45, 7) is 3.03. The molecule has 0 unspecified atom stereocenters. The molecule has 1 aliphatic rings. The summed E-state index contributed by atoms with van der Waals surface area (Å²) in [6.07, 6.45) is 4.70. The van der Waals surface area contributed by atoms with E-state index in [1.54, 1.807) is 0 Å². The van der Waals surface area contributed by atoms with Gasteiger partial charge in [0.1, 0.15) is 5.82 Å². The highest BCUT2D eigenvalue weighted by molar-refractivity contribution is 5.74. The first-order valence-electron chi connectivity index (χ1n) is 6.55. The van der Waals surface area contributed by atoms with Gasteiger partial charge in [-0.3, -0.25) is 0 Å². The molecule has 0 bridgehead atoms. The summed E-state index contributed by atoms with van der Waals surface area (Å²) >= 11 is 0. The number of rotatable bonds is 1. The fraction of sp³-hybridized carbons (Fsp3) is 0.429. The van der Waals surface area contributed by atoms with Crippen molar-refractivity contribution >= 4 is 5.69 Å². The number of nitrogens with two attached hydrogens (primary N) is 1. The van der Waals surface area contributed by atoms with Crippen molar-refractivity contribution in [3.05, 3.63) is 29.6 Å². The highest BCUT2D eigenvalue weighted by atomic mass is 15.3. The summed E-state index contributed by atoms with van der Waals surface area (Å²) in [5, 5.41) is 8.67. The summed E-state index contributed by atoms with van der Waals surface area (Å²) in [5.41, 5.74) is 9.09. The second-order valence-electron chi connectivity index (χ2n) is 4.94. The first kappa shape index (κ1) is 11.3. The van der Waals surface area contributed by atoms with Crippen LogP contribution >= 0.6 is 0 Å². The van der Waals surface area contributed by atoms with Gasteiger partial charge in [-0.25, -0.2) is 0 Å². The van der Waals surface area contributed by atoms with Crippen LogP contribution < -0.4 is 5.73 Å². The Morgan fingerprint density at radius 2 is 2.06 bits per heavy atom. The Morgan fingerprint density at radius 1 is 1.17 bits per heavy atom. The number of aromatic nitrogens is 3. The smallest absolute Gasteiger partial charge is 0.166 e. The van der Waals surface area contributed by atoms with Gasteiger partial charge in [0, 0.05) is 24.2 Å². The SMILES string of the molecule is Cc1cccc(-c2nnc3n2CCCCC3)c1N. The van der Waals surface area contributed by atoms with Gasteiger partial charge in [0.15, 0.2) is 5.82 Å². The van der Waals surface area contributed by atoms with Gasteiger partial charge in [-0.05, 0) is 31.4 Å². The fourth-order valence-electron chi connectivity index (χ4n) is 2.56. The van der Waals surface area contributed by atoms with Crippen molar-refractivity contribution in [3.63, 3.8) is 0 Å². The van der Waals surface area contributed by atoms with Crippen LogP contribution in [0, 0.1) is 6.92 Å². The van der Waals surface area contributed by atoms with Gasteiger partial charge in [-0.2, -0.15) is 0 Å². The Balaban J connectivity index is 2.12. The monoisotopic (exact) mass is 242 g/mol. The molecule has 0 spiro atoms. The molecule has 0 saturated heterocycles. The molecule has 94 valence electrons. The van der Waals surface area contributed by atoms with Crippen LogP contribution in [-0.2, 0) is 13.0 Å². The van der Waals surface area contributed by atoms with Crippen LogP contribution in [0.4, 0.5) is 5.69 Å². The number of benzene rings is 1. The number of para-hydroxylation sites is 1. The number of hydrogen-bond acceptors (Lipinski definition) is 3. The Labute approximate surface area is 107 Å². The second-order valence-corrected chi connectivity index (χ2v) is 4.94. The molecule has 0 aliphatic carbocycles. The van der Waals surface area contributed by atoms with E-state index in [1.807, 2.05) is 25.1 Å². The normalized spacial score (nSPS) is 15.2. The van der Waals surface area contributed by atoms with Crippen molar-refractivity contribution in [2.45, 2.75) is 39.2 Å². The molecule has 0 atom stereocenters. The first-order chi connectivity index (χ1) is 8.77. The maximum Gasteiger partial charge on any atom is 0.166 e. The number of anilines is 1. The van der Waals surface area contributed by atoms with E-state index in [4.69, 9.17) is 5.73 Å². The number of hydrogen-bond donors (Lipinski definition) is 1. The van der Waals surface area contributed by atoms with Crippen molar-refractivity contribution in [3.8, 4) is 11.4 Å². The topological polar surface area (TPSA) is 56.7 Å². The second kappa shape index (κ2) is 4.44. The zero-order valence-electron chi connectivity index (χ0n) is 10.7. The van der Waals surface area contributed by atoms with Crippen LogP contribution in [0.1, 0.15) is 30.7 Å². The van der Waals surface area contributed by atoms with E-state index in [9.17, 15) is 0 Å². The molecule has 1 aromatic carbocycles. The van der Waals surface area contributed by atoms with Crippen LogP contribution in [0.3, 0.4) is 0 Å².